The number of hydrogen-bond acceptors (Lipinski definition) is 4. The number of aliphatic imine (C=N–C) groups is 1. The van der Waals surface area contributed by atoms with Gasteiger partial charge >= 0.3 is 0 Å². The normalized spacial score (nSPS) is 13.6. The molecule has 0 aliphatic carbocycles. The molecule has 2 aromatic carbocycles. The third-order valence-corrected chi connectivity index (χ3v) is 4.59. The predicted octanol–water partition coefficient (Wildman–Crippen LogP) is 3.05. The van der Waals surface area contributed by atoms with Crippen LogP contribution in [0.4, 0.5) is 0 Å². The number of carbonyl (C=O) groups is 1. The minimum atomic E-state index is -0.507. The van der Waals surface area contributed by atoms with Crippen molar-refractivity contribution in [1.29, 1.82) is 0 Å². The highest BCUT2D eigenvalue weighted by atomic mass is 35.5. The van der Waals surface area contributed by atoms with Crippen molar-refractivity contribution in [3.63, 3.8) is 0 Å². The molecule has 0 radical (unpaired) electrons. The summed E-state index contributed by atoms with van der Waals surface area (Å²) in [7, 11) is 1.55. The Balaban J connectivity index is 2.09. The number of rotatable bonds is 8. The molecule has 7 nitrogen and oxygen atoms in total. The Labute approximate surface area is 182 Å². The van der Waals surface area contributed by atoms with E-state index in [1.165, 1.54) is 0 Å². The van der Waals surface area contributed by atoms with E-state index >= 15 is 0 Å². The number of hydrogen-bond donors (Lipinski definition) is 4. The maximum absolute atomic E-state index is 12.6. The van der Waals surface area contributed by atoms with Crippen LogP contribution < -0.4 is 26.8 Å². The summed E-state index contributed by atoms with van der Waals surface area (Å²) in [5, 5.41) is 6.87. The second-order valence-corrected chi connectivity index (χ2v) is 7.85. The van der Waals surface area contributed by atoms with E-state index in [-0.39, 0.29) is 6.04 Å². The quantitative estimate of drug-likeness (QED) is 0.290. The van der Waals surface area contributed by atoms with Gasteiger partial charge in [-0.1, -0.05) is 43.6 Å². The molecule has 0 fully saturated rings. The predicted molar refractivity (Wildman–Crippen MR) is 122 cm³/mol. The smallest absolute Gasteiger partial charge is 0.280 e. The second-order valence-electron chi connectivity index (χ2n) is 7.42. The lowest BCUT2D eigenvalue weighted by Crippen LogP contribution is -2.49. The number of carbonyl (C=O) groups excluding carboxylic acids is 1. The van der Waals surface area contributed by atoms with Gasteiger partial charge in [-0.15, -0.1) is 0 Å². The first-order chi connectivity index (χ1) is 14.3. The van der Waals surface area contributed by atoms with E-state index in [0.717, 1.165) is 5.56 Å². The fraction of sp³-hybridized carbons (Fsp3) is 0.364. The topological polar surface area (TPSA) is 115 Å². The van der Waals surface area contributed by atoms with Crippen molar-refractivity contribution in [2.45, 2.75) is 32.5 Å². The van der Waals surface area contributed by atoms with Crippen LogP contribution in [-0.2, 0) is 0 Å². The van der Waals surface area contributed by atoms with Crippen LogP contribution in [0.5, 0.6) is 5.75 Å². The molecular formula is C22H30ClN5O2. The molecule has 0 aromatic heterocycles. The number of ether oxygens (including phenoxy) is 1. The summed E-state index contributed by atoms with van der Waals surface area (Å²) in [6, 6.07) is 13.9. The summed E-state index contributed by atoms with van der Waals surface area (Å²) < 4.78 is 5.17. The van der Waals surface area contributed by atoms with Gasteiger partial charge in [0.25, 0.3) is 5.91 Å². The lowest BCUT2D eigenvalue weighted by Gasteiger charge is -2.22. The molecule has 2 rings (SSSR count). The van der Waals surface area contributed by atoms with Crippen molar-refractivity contribution >= 4 is 23.5 Å². The highest BCUT2D eigenvalue weighted by Crippen LogP contribution is 2.18. The standard InChI is InChI=1S/C22H30ClN5O2/c1-14(2)13-26-22(28-21(29)16-5-4-6-18(11-16)30-3)27-20(25)12-19(24)15-7-9-17(23)10-8-15/h4-11,14,19-20H,12-13,24-25H2,1-3H3,(H2,26,27,28,29). The summed E-state index contributed by atoms with van der Waals surface area (Å²) >= 11 is 5.93. The Morgan fingerprint density at radius 2 is 1.87 bits per heavy atom. The zero-order chi connectivity index (χ0) is 22.1. The van der Waals surface area contributed by atoms with Crippen molar-refractivity contribution in [3.05, 3.63) is 64.7 Å². The van der Waals surface area contributed by atoms with Crippen molar-refractivity contribution in [3.8, 4) is 5.75 Å². The van der Waals surface area contributed by atoms with Gasteiger partial charge in [0.1, 0.15) is 5.75 Å². The molecule has 8 heteroatoms. The van der Waals surface area contributed by atoms with Gasteiger partial charge in [-0.25, -0.2) is 0 Å². The van der Waals surface area contributed by atoms with Crippen LogP contribution >= 0.6 is 11.6 Å². The molecule has 6 N–H and O–H groups in total. The van der Waals surface area contributed by atoms with E-state index < -0.39 is 12.1 Å². The molecular weight excluding hydrogens is 402 g/mol. The SMILES string of the molecule is COc1cccc(C(=O)/N=C(/NCC(C)C)NC(N)CC(N)c2ccc(Cl)cc2)c1. The molecule has 30 heavy (non-hydrogen) atoms. The molecule has 0 heterocycles. The average Bonchev–Trinajstić information content (AvgIpc) is 2.72. The Morgan fingerprint density at radius 3 is 2.50 bits per heavy atom. The summed E-state index contributed by atoms with van der Waals surface area (Å²) in [6.45, 7) is 4.75. The maximum atomic E-state index is 12.6. The van der Waals surface area contributed by atoms with Gasteiger partial charge in [0, 0.05) is 23.2 Å². The van der Waals surface area contributed by atoms with Crippen molar-refractivity contribution in [2.24, 2.45) is 22.4 Å². The first-order valence-electron chi connectivity index (χ1n) is 9.82. The second kappa shape index (κ2) is 11.5. The largest absolute Gasteiger partial charge is 0.497 e. The van der Waals surface area contributed by atoms with E-state index in [9.17, 15) is 4.79 Å². The summed E-state index contributed by atoms with van der Waals surface area (Å²) in [6.07, 6.45) is -0.0654. The number of nitrogens with two attached hydrogens (primary N) is 2. The van der Waals surface area contributed by atoms with Crippen LogP contribution in [0.1, 0.15) is 42.2 Å². The fourth-order valence-electron chi connectivity index (χ4n) is 2.70. The van der Waals surface area contributed by atoms with Crippen molar-refractivity contribution in [1.82, 2.24) is 10.6 Å². The molecule has 0 aliphatic heterocycles. The Morgan fingerprint density at radius 1 is 1.17 bits per heavy atom. The Hall–Kier alpha value is -2.61. The van der Waals surface area contributed by atoms with Gasteiger partial charge in [-0.3, -0.25) is 4.79 Å². The monoisotopic (exact) mass is 431 g/mol. The molecule has 2 atom stereocenters. The highest BCUT2D eigenvalue weighted by Gasteiger charge is 2.15. The molecule has 0 spiro atoms. The number of nitrogens with zero attached hydrogens (tertiary/aromatic N) is 1. The molecule has 0 aliphatic rings. The first-order valence-corrected chi connectivity index (χ1v) is 10.2. The molecule has 2 unspecified atom stereocenters. The number of halogens is 1. The molecule has 0 bridgehead atoms. The van der Waals surface area contributed by atoms with Crippen LogP contribution in [0.3, 0.4) is 0 Å². The summed E-state index contributed by atoms with van der Waals surface area (Å²) in [5.74, 6) is 0.858. The van der Waals surface area contributed by atoms with Gasteiger partial charge in [-0.2, -0.15) is 4.99 Å². The third-order valence-electron chi connectivity index (χ3n) is 4.34. The van der Waals surface area contributed by atoms with Gasteiger partial charge in [0.05, 0.1) is 13.3 Å². The zero-order valence-corrected chi connectivity index (χ0v) is 18.3. The van der Waals surface area contributed by atoms with Crippen LogP contribution in [0.25, 0.3) is 0 Å². The third kappa shape index (κ3) is 7.67. The number of nitrogens with one attached hydrogen (secondary N) is 2. The van der Waals surface area contributed by atoms with Crippen LogP contribution in [0.15, 0.2) is 53.5 Å². The minimum absolute atomic E-state index is 0.287. The minimum Gasteiger partial charge on any atom is -0.497 e. The lowest BCUT2D eigenvalue weighted by atomic mass is 10.0. The molecule has 1 amide bonds. The number of benzene rings is 2. The van der Waals surface area contributed by atoms with Crippen LogP contribution in [0.2, 0.25) is 5.02 Å². The summed E-state index contributed by atoms with van der Waals surface area (Å²) in [4.78, 5) is 16.8. The molecule has 162 valence electrons. The number of amides is 1. The van der Waals surface area contributed by atoms with Gasteiger partial charge in [0.2, 0.25) is 5.96 Å². The maximum Gasteiger partial charge on any atom is 0.280 e. The van der Waals surface area contributed by atoms with E-state index in [2.05, 4.69) is 29.5 Å². The van der Waals surface area contributed by atoms with Gasteiger partial charge in [-0.05, 0) is 48.2 Å². The van der Waals surface area contributed by atoms with E-state index in [1.54, 1.807) is 43.5 Å². The zero-order valence-electron chi connectivity index (χ0n) is 17.6. The van der Waals surface area contributed by atoms with E-state index in [1.807, 2.05) is 12.1 Å². The van der Waals surface area contributed by atoms with Crippen molar-refractivity contribution in [2.75, 3.05) is 13.7 Å². The van der Waals surface area contributed by atoms with Crippen LogP contribution in [0, 0.1) is 5.92 Å². The molecule has 0 saturated heterocycles. The fourth-order valence-corrected chi connectivity index (χ4v) is 2.83. The van der Waals surface area contributed by atoms with Crippen LogP contribution in [-0.4, -0.2) is 31.7 Å². The van der Waals surface area contributed by atoms with E-state index in [4.69, 9.17) is 27.8 Å². The molecule has 0 saturated carbocycles. The summed E-state index contributed by atoms with van der Waals surface area (Å²) in [5.41, 5.74) is 13.9. The first kappa shape index (κ1) is 23.7. The Bertz CT molecular complexity index is 855. The van der Waals surface area contributed by atoms with Gasteiger partial charge in [0.15, 0.2) is 0 Å². The number of methoxy groups -OCH3 is 1. The van der Waals surface area contributed by atoms with Gasteiger partial charge < -0.3 is 26.8 Å². The van der Waals surface area contributed by atoms with Crippen molar-refractivity contribution < 1.29 is 9.53 Å². The highest BCUT2D eigenvalue weighted by molar-refractivity contribution is 6.30. The molecule has 2 aromatic rings. The Kier molecular flexibility index (Phi) is 9.11. The average molecular weight is 432 g/mol. The number of guanidine groups is 1. The lowest BCUT2D eigenvalue weighted by molar-refractivity contribution is 0.100. The van der Waals surface area contributed by atoms with E-state index in [0.29, 0.717) is 41.2 Å².